The molecule has 1 saturated heterocycles. The van der Waals surface area contributed by atoms with Crippen LogP contribution in [0.25, 0.3) is 0 Å². The molecule has 0 spiro atoms. The second-order valence-corrected chi connectivity index (χ2v) is 7.10. The maximum Gasteiger partial charge on any atom is 0.340 e. The van der Waals surface area contributed by atoms with Crippen molar-refractivity contribution in [2.75, 3.05) is 6.54 Å². The van der Waals surface area contributed by atoms with Gasteiger partial charge in [-0.3, -0.25) is 5.10 Å². The average Bonchev–Trinajstić information content (AvgIpc) is 2.81. The second-order valence-electron chi connectivity index (χ2n) is 5.33. The number of nitrogens with one attached hydrogen (secondary N) is 1. The summed E-state index contributed by atoms with van der Waals surface area (Å²) in [6.45, 7) is 5.54. The molecule has 2 N–H and O–H groups in total. The molecule has 0 radical (unpaired) electrons. The fraction of sp³-hybridized carbons (Fsp3) is 0.636. The van der Waals surface area contributed by atoms with Gasteiger partial charge in [0, 0.05) is 17.8 Å². The molecule has 0 aromatic carbocycles. The zero-order chi connectivity index (χ0) is 14.4. The van der Waals surface area contributed by atoms with Gasteiger partial charge in [-0.25, -0.2) is 13.2 Å². The molecule has 2 heterocycles. The van der Waals surface area contributed by atoms with Crippen LogP contribution in [0.1, 0.15) is 42.7 Å². The van der Waals surface area contributed by atoms with Crippen molar-refractivity contribution in [2.24, 2.45) is 0 Å². The molecule has 7 nitrogen and oxygen atoms in total. The standard InChI is InChI=1S/C11H17N3O4S/c1-7-8(10(15)16)9(13-12-7)19(17,18)14-6-4-5-11(14,2)3/h4-6H2,1-3H3,(H,12,13)(H,15,16). The maximum atomic E-state index is 12.6. The van der Waals surface area contributed by atoms with Crippen LogP contribution in [0.15, 0.2) is 5.03 Å². The van der Waals surface area contributed by atoms with Crippen LogP contribution >= 0.6 is 0 Å². The van der Waals surface area contributed by atoms with Gasteiger partial charge in [-0.1, -0.05) is 0 Å². The van der Waals surface area contributed by atoms with E-state index in [0.717, 1.165) is 12.8 Å². The molecular weight excluding hydrogens is 270 g/mol. The Bertz CT molecular complexity index is 618. The number of aryl methyl sites for hydroxylation is 1. The molecule has 0 amide bonds. The Morgan fingerprint density at radius 1 is 1.47 bits per heavy atom. The minimum atomic E-state index is -3.89. The number of aromatic carboxylic acids is 1. The number of H-pyrrole nitrogens is 1. The number of sulfonamides is 1. The van der Waals surface area contributed by atoms with E-state index < -0.39 is 26.6 Å². The number of rotatable bonds is 3. The summed E-state index contributed by atoms with van der Waals surface area (Å²) in [5.41, 5.74) is -0.549. The zero-order valence-electron chi connectivity index (χ0n) is 11.1. The lowest BCUT2D eigenvalue weighted by Gasteiger charge is -2.29. The van der Waals surface area contributed by atoms with Crippen molar-refractivity contribution >= 4 is 16.0 Å². The molecule has 1 aromatic heterocycles. The van der Waals surface area contributed by atoms with E-state index in [1.165, 1.54) is 11.2 Å². The predicted molar refractivity (Wildman–Crippen MR) is 67.5 cm³/mol. The van der Waals surface area contributed by atoms with Crippen LogP contribution in [-0.4, -0.2) is 46.1 Å². The minimum absolute atomic E-state index is 0.239. The van der Waals surface area contributed by atoms with E-state index in [1.54, 1.807) is 0 Å². The van der Waals surface area contributed by atoms with Gasteiger partial charge in [0.05, 0.1) is 0 Å². The van der Waals surface area contributed by atoms with Crippen LogP contribution in [-0.2, 0) is 10.0 Å². The summed E-state index contributed by atoms with van der Waals surface area (Å²) in [7, 11) is -3.89. The molecule has 8 heteroatoms. The SMILES string of the molecule is Cc1[nH]nc(S(=O)(=O)N2CCCC2(C)C)c1C(=O)O. The van der Waals surface area contributed by atoms with E-state index in [0.29, 0.717) is 6.54 Å². The molecule has 19 heavy (non-hydrogen) atoms. The smallest absolute Gasteiger partial charge is 0.340 e. The van der Waals surface area contributed by atoms with E-state index in [2.05, 4.69) is 10.2 Å². The predicted octanol–water partition coefficient (Wildman–Crippen LogP) is 0.979. The summed E-state index contributed by atoms with van der Waals surface area (Å²) in [6.07, 6.45) is 1.51. The van der Waals surface area contributed by atoms with Crippen LogP contribution in [0.3, 0.4) is 0 Å². The molecule has 106 valence electrons. The molecule has 1 aliphatic rings. The van der Waals surface area contributed by atoms with Crippen LogP contribution < -0.4 is 0 Å². The Balaban J connectivity index is 2.55. The molecular formula is C11H17N3O4S. The van der Waals surface area contributed by atoms with Crippen molar-refractivity contribution in [1.29, 1.82) is 0 Å². The topological polar surface area (TPSA) is 103 Å². The summed E-state index contributed by atoms with van der Waals surface area (Å²) in [5.74, 6) is -1.29. The van der Waals surface area contributed by atoms with Gasteiger partial charge in [0.1, 0.15) is 5.56 Å². The van der Waals surface area contributed by atoms with Gasteiger partial charge in [0.2, 0.25) is 5.03 Å². The van der Waals surface area contributed by atoms with Gasteiger partial charge in [0.25, 0.3) is 10.0 Å². The Kier molecular flexibility index (Phi) is 3.18. The molecule has 1 aromatic rings. The van der Waals surface area contributed by atoms with Gasteiger partial charge in [0.15, 0.2) is 0 Å². The van der Waals surface area contributed by atoms with Gasteiger partial charge in [-0.15, -0.1) is 0 Å². The van der Waals surface area contributed by atoms with Gasteiger partial charge < -0.3 is 5.11 Å². The number of aromatic amines is 1. The first-order valence-electron chi connectivity index (χ1n) is 5.99. The molecule has 0 bridgehead atoms. The number of nitrogens with zero attached hydrogens (tertiary/aromatic N) is 2. The van der Waals surface area contributed by atoms with E-state index in [4.69, 9.17) is 5.11 Å². The highest BCUT2D eigenvalue weighted by Crippen LogP contribution is 2.34. The van der Waals surface area contributed by atoms with E-state index in [9.17, 15) is 13.2 Å². The Morgan fingerprint density at radius 2 is 2.11 bits per heavy atom. The van der Waals surface area contributed by atoms with Crippen molar-refractivity contribution in [2.45, 2.75) is 44.2 Å². The average molecular weight is 287 g/mol. The van der Waals surface area contributed by atoms with Crippen molar-refractivity contribution in [1.82, 2.24) is 14.5 Å². The van der Waals surface area contributed by atoms with Gasteiger partial charge in [-0.05, 0) is 33.6 Å². The number of hydrogen-bond donors (Lipinski definition) is 2. The third-order valence-corrected chi connectivity index (χ3v) is 5.53. The summed E-state index contributed by atoms with van der Waals surface area (Å²) < 4.78 is 26.5. The highest BCUT2D eigenvalue weighted by Gasteiger charge is 2.43. The number of carboxylic acid groups (broad SMARTS) is 1. The lowest BCUT2D eigenvalue weighted by atomic mass is 10.0. The van der Waals surface area contributed by atoms with E-state index >= 15 is 0 Å². The zero-order valence-corrected chi connectivity index (χ0v) is 11.9. The first-order valence-corrected chi connectivity index (χ1v) is 7.43. The monoisotopic (exact) mass is 287 g/mol. The lowest BCUT2D eigenvalue weighted by molar-refractivity contribution is 0.0691. The number of carboxylic acids is 1. The summed E-state index contributed by atoms with van der Waals surface area (Å²) in [5, 5.41) is 14.9. The van der Waals surface area contributed by atoms with Crippen LogP contribution in [0.5, 0.6) is 0 Å². The van der Waals surface area contributed by atoms with Crippen molar-refractivity contribution in [3.8, 4) is 0 Å². The van der Waals surface area contributed by atoms with Gasteiger partial charge in [-0.2, -0.15) is 9.40 Å². The maximum absolute atomic E-state index is 12.6. The van der Waals surface area contributed by atoms with Crippen LogP contribution in [0, 0.1) is 6.92 Å². The van der Waals surface area contributed by atoms with Crippen molar-refractivity contribution < 1.29 is 18.3 Å². The molecule has 0 aliphatic carbocycles. The third kappa shape index (κ3) is 2.14. The number of carbonyl (C=O) groups is 1. The largest absolute Gasteiger partial charge is 0.478 e. The number of hydrogen-bond acceptors (Lipinski definition) is 4. The Labute approximate surface area is 111 Å². The van der Waals surface area contributed by atoms with E-state index in [-0.39, 0.29) is 11.3 Å². The summed E-state index contributed by atoms with van der Waals surface area (Å²) in [6, 6.07) is 0. The molecule has 1 aliphatic heterocycles. The fourth-order valence-corrected chi connectivity index (χ4v) is 4.46. The van der Waals surface area contributed by atoms with E-state index in [1.807, 2.05) is 13.8 Å². The van der Waals surface area contributed by atoms with Crippen LogP contribution in [0.2, 0.25) is 0 Å². The number of aromatic nitrogens is 2. The first kappa shape index (κ1) is 14.0. The summed E-state index contributed by atoms with van der Waals surface area (Å²) >= 11 is 0. The summed E-state index contributed by atoms with van der Waals surface area (Å²) in [4.78, 5) is 11.2. The minimum Gasteiger partial charge on any atom is -0.478 e. The lowest BCUT2D eigenvalue weighted by Crippen LogP contribution is -2.43. The molecule has 0 saturated carbocycles. The highest BCUT2D eigenvalue weighted by molar-refractivity contribution is 7.89. The van der Waals surface area contributed by atoms with Gasteiger partial charge >= 0.3 is 5.97 Å². The third-order valence-electron chi connectivity index (χ3n) is 3.49. The highest BCUT2D eigenvalue weighted by atomic mass is 32.2. The quantitative estimate of drug-likeness (QED) is 0.862. The van der Waals surface area contributed by atoms with Crippen molar-refractivity contribution in [3.05, 3.63) is 11.3 Å². The molecule has 0 unspecified atom stereocenters. The Hall–Kier alpha value is -1.41. The van der Waals surface area contributed by atoms with Crippen molar-refractivity contribution in [3.63, 3.8) is 0 Å². The Morgan fingerprint density at radius 3 is 2.58 bits per heavy atom. The molecule has 1 fully saturated rings. The molecule has 0 atom stereocenters. The van der Waals surface area contributed by atoms with Crippen LogP contribution in [0.4, 0.5) is 0 Å². The fourth-order valence-electron chi connectivity index (χ4n) is 2.48. The normalized spacial score (nSPS) is 19.7. The first-order chi connectivity index (χ1) is 8.68. The molecule has 2 rings (SSSR count). The second kappa shape index (κ2) is 4.31.